The maximum Gasteiger partial charge on any atom is 0.163 e. The molecule has 0 amide bonds. The van der Waals surface area contributed by atoms with Crippen LogP contribution in [0.15, 0.2) is 22.7 Å². The van der Waals surface area contributed by atoms with Gasteiger partial charge in [0.05, 0.1) is 34.1 Å². The van der Waals surface area contributed by atoms with Crippen molar-refractivity contribution in [3.8, 4) is 28.4 Å². The standard InChI is InChI=1S/C29H40ClN5O4/c1-7-35(24-10-9-11-25(24)37-8-2)29-17(3)27(26-18(4)34-39-19(26)5)32-28(33-29)22-14-21(12-13-23(22)30)38-16-20(36)15-31-6/h12-14,20,24-25,31,36H,7-11,15-16H2,1-6H3/t20-,24-,25+/m1/s1. The Hall–Kier alpha value is -2.72. The predicted molar refractivity (Wildman–Crippen MR) is 154 cm³/mol. The number of likely N-dealkylation sites (N-methyl/N-ethyl adjacent to an activating group) is 2. The van der Waals surface area contributed by atoms with Gasteiger partial charge in [0.1, 0.15) is 30.0 Å². The second kappa shape index (κ2) is 13.1. The molecule has 1 saturated carbocycles. The van der Waals surface area contributed by atoms with Gasteiger partial charge in [-0.3, -0.25) is 0 Å². The summed E-state index contributed by atoms with van der Waals surface area (Å²) in [6.07, 6.45) is 2.71. The molecule has 9 nitrogen and oxygen atoms in total. The summed E-state index contributed by atoms with van der Waals surface area (Å²) in [5, 5.41) is 17.7. The zero-order valence-electron chi connectivity index (χ0n) is 23.8. The van der Waals surface area contributed by atoms with Crippen molar-refractivity contribution < 1.29 is 19.1 Å². The van der Waals surface area contributed by atoms with Crippen molar-refractivity contribution in [2.24, 2.45) is 0 Å². The molecule has 1 fully saturated rings. The molecule has 0 spiro atoms. The van der Waals surface area contributed by atoms with Gasteiger partial charge in [-0.05, 0) is 79.1 Å². The number of benzene rings is 1. The molecule has 10 heteroatoms. The Morgan fingerprint density at radius 1 is 1.21 bits per heavy atom. The van der Waals surface area contributed by atoms with Gasteiger partial charge in [-0.1, -0.05) is 16.8 Å². The lowest BCUT2D eigenvalue weighted by atomic mass is 10.0. The van der Waals surface area contributed by atoms with Crippen molar-refractivity contribution in [3.63, 3.8) is 0 Å². The van der Waals surface area contributed by atoms with Gasteiger partial charge in [-0.15, -0.1) is 0 Å². The Kier molecular flexibility index (Phi) is 9.82. The molecule has 0 radical (unpaired) electrons. The fraction of sp³-hybridized carbons (Fsp3) is 0.552. The Bertz CT molecular complexity index is 1250. The third-order valence-electron chi connectivity index (χ3n) is 7.26. The number of aryl methyl sites for hydroxylation is 2. The van der Waals surface area contributed by atoms with Crippen LogP contribution in [0.4, 0.5) is 5.82 Å². The highest BCUT2D eigenvalue weighted by Gasteiger charge is 2.34. The first-order valence-corrected chi connectivity index (χ1v) is 14.1. The van der Waals surface area contributed by atoms with Crippen molar-refractivity contribution in [1.82, 2.24) is 20.4 Å². The Morgan fingerprint density at radius 2 is 2.00 bits per heavy atom. The van der Waals surface area contributed by atoms with Gasteiger partial charge in [0, 0.05) is 30.8 Å². The fourth-order valence-electron chi connectivity index (χ4n) is 5.43. The monoisotopic (exact) mass is 557 g/mol. The van der Waals surface area contributed by atoms with Gasteiger partial charge in [-0.25, -0.2) is 9.97 Å². The number of hydrogen-bond acceptors (Lipinski definition) is 9. The van der Waals surface area contributed by atoms with Crippen molar-refractivity contribution in [3.05, 3.63) is 40.2 Å². The summed E-state index contributed by atoms with van der Waals surface area (Å²) >= 11 is 6.72. The number of nitrogens with one attached hydrogen (secondary N) is 1. The lowest BCUT2D eigenvalue weighted by Crippen LogP contribution is -2.42. The lowest BCUT2D eigenvalue weighted by molar-refractivity contribution is 0.0555. The van der Waals surface area contributed by atoms with Crippen LogP contribution in [0.3, 0.4) is 0 Å². The lowest BCUT2D eigenvalue weighted by Gasteiger charge is -2.34. The summed E-state index contributed by atoms with van der Waals surface area (Å²) in [7, 11) is 1.79. The number of halogens is 1. The zero-order chi connectivity index (χ0) is 28.1. The molecule has 4 rings (SSSR count). The van der Waals surface area contributed by atoms with Crippen LogP contribution in [0.25, 0.3) is 22.6 Å². The van der Waals surface area contributed by atoms with Crippen molar-refractivity contribution >= 4 is 17.4 Å². The molecule has 1 aliphatic rings. The number of aliphatic hydroxyl groups excluding tert-OH is 1. The minimum absolute atomic E-state index is 0.149. The molecule has 0 saturated heterocycles. The average molecular weight is 558 g/mol. The van der Waals surface area contributed by atoms with Gasteiger partial charge in [0.2, 0.25) is 0 Å². The largest absolute Gasteiger partial charge is 0.491 e. The normalized spacial score (nSPS) is 17.9. The highest BCUT2D eigenvalue weighted by molar-refractivity contribution is 6.33. The maximum atomic E-state index is 10.1. The molecule has 3 aromatic rings. The first kappa shape index (κ1) is 29.3. The first-order chi connectivity index (χ1) is 18.8. The topological polar surface area (TPSA) is 106 Å². The molecule has 2 aromatic heterocycles. The molecule has 0 unspecified atom stereocenters. The van der Waals surface area contributed by atoms with Gasteiger partial charge in [-0.2, -0.15) is 0 Å². The molecule has 0 aliphatic heterocycles. The average Bonchev–Trinajstić information content (AvgIpc) is 3.51. The third kappa shape index (κ3) is 6.38. The van der Waals surface area contributed by atoms with E-state index in [2.05, 4.69) is 29.2 Å². The molecule has 0 bridgehead atoms. The number of hydrogen-bond donors (Lipinski definition) is 2. The van der Waals surface area contributed by atoms with E-state index in [1.54, 1.807) is 19.2 Å². The molecule has 1 aromatic carbocycles. The molecule has 39 heavy (non-hydrogen) atoms. The van der Waals surface area contributed by atoms with E-state index in [0.717, 1.165) is 54.1 Å². The SMILES string of the molecule is CCO[C@H]1CCC[C@H]1N(CC)c1nc(-c2cc(OC[C@H](O)CNC)ccc2Cl)nc(-c2c(C)noc2C)c1C. The van der Waals surface area contributed by atoms with Crippen molar-refractivity contribution in [2.75, 3.05) is 38.3 Å². The van der Waals surface area contributed by atoms with Gasteiger partial charge in [0.15, 0.2) is 5.82 Å². The van der Waals surface area contributed by atoms with E-state index < -0.39 is 6.10 Å². The molecule has 3 atom stereocenters. The van der Waals surface area contributed by atoms with Crippen LogP contribution in [0.5, 0.6) is 5.75 Å². The number of aliphatic hydroxyl groups is 1. The number of rotatable bonds is 12. The van der Waals surface area contributed by atoms with Crippen molar-refractivity contribution in [1.29, 1.82) is 0 Å². The number of aromatic nitrogens is 3. The van der Waals surface area contributed by atoms with Gasteiger partial charge >= 0.3 is 0 Å². The summed E-state index contributed by atoms with van der Waals surface area (Å²) in [5.41, 5.74) is 4.00. The van der Waals surface area contributed by atoms with Crippen LogP contribution in [0.1, 0.15) is 50.1 Å². The highest BCUT2D eigenvalue weighted by Crippen LogP contribution is 2.39. The van der Waals surface area contributed by atoms with E-state index >= 15 is 0 Å². The number of ether oxygens (including phenoxy) is 2. The van der Waals surface area contributed by atoms with Crippen LogP contribution in [0, 0.1) is 20.8 Å². The van der Waals surface area contributed by atoms with E-state index in [1.165, 1.54) is 0 Å². The third-order valence-corrected chi connectivity index (χ3v) is 7.59. The van der Waals surface area contributed by atoms with Crippen LogP contribution >= 0.6 is 11.6 Å². The van der Waals surface area contributed by atoms with Crippen molar-refractivity contribution in [2.45, 2.75) is 72.1 Å². The van der Waals surface area contributed by atoms with Crippen LogP contribution < -0.4 is 15.0 Å². The van der Waals surface area contributed by atoms with E-state index in [-0.39, 0.29) is 18.8 Å². The van der Waals surface area contributed by atoms with Crippen LogP contribution in [0.2, 0.25) is 5.02 Å². The highest BCUT2D eigenvalue weighted by atomic mass is 35.5. The van der Waals surface area contributed by atoms with Gasteiger partial charge < -0.3 is 29.3 Å². The van der Waals surface area contributed by atoms with Gasteiger partial charge in [0.25, 0.3) is 0 Å². The summed E-state index contributed by atoms with van der Waals surface area (Å²) in [6, 6.07) is 5.60. The molecular formula is C29H40ClN5O4. The summed E-state index contributed by atoms with van der Waals surface area (Å²) in [4.78, 5) is 12.5. The fourth-order valence-corrected chi connectivity index (χ4v) is 5.64. The van der Waals surface area contributed by atoms with E-state index in [9.17, 15) is 5.11 Å². The predicted octanol–water partition coefficient (Wildman–Crippen LogP) is 5.12. The van der Waals surface area contributed by atoms with E-state index in [4.69, 9.17) is 35.6 Å². The second-order valence-corrected chi connectivity index (χ2v) is 10.4. The summed E-state index contributed by atoms with van der Waals surface area (Å²) in [5.74, 6) is 2.61. The molecule has 1 aliphatic carbocycles. The zero-order valence-corrected chi connectivity index (χ0v) is 24.5. The quantitative estimate of drug-likeness (QED) is 0.314. The second-order valence-electron chi connectivity index (χ2n) is 9.99. The Labute approximate surface area is 235 Å². The number of nitrogens with zero attached hydrogens (tertiary/aromatic N) is 4. The summed E-state index contributed by atoms with van der Waals surface area (Å²) < 4.78 is 17.5. The van der Waals surface area contributed by atoms with Crippen LogP contribution in [-0.4, -0.2) is 71.8 Å². The molecule has 2 heterocycles. The Morgan fingerprint density at radius 3 is 2.67 bits per heavy atom. The van der Waals surface area contributed by atoms with Crippen LogP contribution in [-0.2, 0) is 4.74 Å². The van der Waals surface area contributed by atoms with E-state index in [1.807, 2.05) is 26.8 Å². The molecule has 212 valence electrons. The molecule has 2 N–H and O–H groups in total. The minimum atomic E-state index is -0.634. The molecular weight excluding hydrogens is 518 g/mol. The minimum Gasteiger partial charge on any atom is -0.491 e. The van der Waals surface area contributed by atoms with E-state index in [0.29, 0.717) is 41.1 Å². The smallest absolute Gasteiger partial charge is 0.163 e. The number of anilines is 1. The first-order valence-electron chi connectivity index (χ1n) is 13.7. The maximum absolute atomic E-state index is 10.1. The Balaban J connectivity index is 1.84. The summed E-state index contributed by atoms with van der Waals surface area (Å²) in [6.45, 7) is 12.1.